The van der Waals surface area contributed by atoms with Crippen molar-refractivity contribution in [2.75, 3.05) is 31.6 Å². The van der Waals surface area contributed by atoms with Crippen molar-refractivity contribution < 1.29 is 9.53 Å². The first kappa shape index (κ1) is 21.7. The molecule has 1 saturated heterocycles. The maximum atomic E-state index is 12.8. The smallest absolute Gasteiger partial charge is 0.242 e. The molecule has 3 heterocycles. The molecule has 1 fully saturated rings. The van der Waals surface area contributed by atoms with Crippen LogP contribution in [0.4, 0.5) is 5.82 Å². The molecular weight excluding hydrogens is 410 g/mol. The van der Waals surface area contributed by atoms with Crippen LogP contribution in [0.15, 0.2) is 30.6 Å². The number of hydrogen-bond acceptors (Lipinski definition) is 7. The topological polar surface area (TPSA) is 79.4 Å². The van der Waals surface area contributed by atoms with Gasteiger partial charge in [-0.05, 0) is 37.5 Å². The van der Waals surface area contributed by atoms with Crippen LogP contribution in [0.3, 0.4) is 0 Å². The van der Waals surface area contributed by atoms with Crippen molar-refractivity contribution in [3.05, 3.63) is 52.2 Å². The Hall–Kier alpha value is -2.55. The molecular formula is C23H29N5O2S. The molecule has 8 heteroatoms. The zero-order chi connectivity index (χ0) is 21.8. The molecule has 2 N–H and O–H groups in total. The summed E-state index contributed by atoms with van der Waals surface area (Å²) in [5, 5.41) is 7.36. The molecule has 0 unspecified atom stereocenters. The molecule has 1 aromatic carbocycles. The Morgan fingerprint density at radius 1 is 1.19 bits per heavy atom. The van der Waals surface area contributed by atoms with E-state index in [-0.39, 0.29) is 5.91 Å². The monoisotopic (exact) mass is 439 g/mol. The lowest BCUT2D eigenvalue weighted by molar-refractivity contribution is -0.121. The molecule has 0 aliphatic carbocycles. The Kier molecular flexibility index (Phi) is 6.80. The van der Waals surface area contributed by atoms with E-state index in [1.165, 1.54) is 10.4 Å². The van der Waals surface area contributed by atoms with Gasteiger partial charge in [-0.15, -0.1) is 11.3 Å². The lowest BCUT2D eigenvalue weighted by Gasteiger charge is -2.27. The van der Waals surface area contributed by atoms with Gasteiger partial charge in [0.1, 0.15) is 23.0 Å². The number of aromatic nitrogens is 2. The van der Waals surface area contributed by atoms with Gasteiger partial charge in [0.25, 0.3) is 0 Å². The molecule has 164 valence electrons. The maximum absolute atomic E-state index is 12.8. The van der Waals surface area contributed by atoms with Crippen LogP contribution in [-0.2, 0) is 22.6 Å². The van der Waals surface area contributed by atoms with Crippen molar-refractivity contribution >= 4 is 33.3 Å². The van der Waals surface area contributed by atoms with E-state index in [1.807, 2.05) is 13.0 Å². The second kappa shape index (κ2) is 9.72. The summed E-state index contributed by atoms with van der Waals surface area (Å²) < 4.78 is 5.44. The highest BCUT2D eigenvalue weighted by Gasteiger charge is 2.18. The first-order valence-corrected chi connectivity index (χ1v) is 11.5. The third kappa shape index (κ3) is 5.03. The standard InChI is InChI=1S/C23H29N5O2S/c1-15-17(3)31-23-20(15)21(25-14-26-23)27-16(2)22(29)24-12-18-6-4-5-7-19(18)13-28-8-10-30-11-9-28/h4-7,14,16H,8-13H2,1-3H3,(H,24,29)(H,25,26,27)/t16-/m1/s1. The molecule has 1 aliphatic rings. The Bertz CT molecular complexity index is 1060. The predicted molar refractivity (Wildman–Crippen MR) is 124 cm³/mol. The van der Waals surface area contributed by atoms with Gasteiger partial charge in [0, 0.05) is 31.1 Å². The largest absolute Gasteiger partial charge is 0.379 e. The van der Waals surface area contributed by atoms with Crippen LogP contribution in [0.5, 0.6) is 0 Å². The number of carbonyl (C=O) groups excluding carboxylic acids is 1. The molecule has 1 aliphatic heterocycles. The van der Waals surface area contributed by atoms with Gasteiger partial charge in [0.15, 0.2) is 0 Å². The fourth-order valence-corrected chi connectivity index (χ4v) is 4.78. The van der Waals surface area contributed by atoms with Crippen LogP contribution >= 0.6 is 11.3 Å². The molecule has 31 heavy (non-hydrogen) atoms. The minimum atomic E-state index is -0.413. The average molecular weight is 440 g/mol. The predicted octanol–water partition coefficient (Wildman–Crippen LogP) is 3.26. The molecule has 0 radical (unpaired) electrons. The van der Waals surface area contributed by atoms with Gasteiger partial charge < -0.3 is 15.4 Å². The van der Waals surface area contributed by atoms with E-state index >= 15 is 0 Å². The van der Waals surface area contributed by atoms with E-state index in [0.29, 0.717) is 12.4 Å². The summed E-state index contributed by atoms with van der Waals surface area (Å²) in [4.78, 5) is 26.1. The van der Waals surface area contributed by atoms with Crippen molar-refractivity contribution in [2.24, 2.45) is 0 Å². The fourth-order valence-electron chi connectivity index (χ4n) is 3.78. The SMILES string of the molecule is Cc1sc2ncnc(N[C@H](C)C(=O)NCc3ccccc3CN3CCOCC3)c2c1C. The van der Waals surface area contributed by atoms with Gasteiger partial charge in [-0.3, -0.25) is 9.69 Å². The molecule has 1 amide bonds. The quantitative estimate of drug-likeness (QED) is 0.588. The molecule has 2 aromatic heterocycles. The molecule has 0 saturated carbocycles. The number of nitrogens with zero attached hydrogens (tertiary/aromatic N) is 3. The number of fused-ring (bicyclic) bond motifs is 1. The Balaban J connectivity index is 1.39. The van der Waals surface area contributed by atoms with Gasteiger partial charge in [-0.2, -0.15) is 0 Å². The van der Waals surface area contributed by atoms with Crippen LogP contribution in [0.1, 0.15) is 28.5 Å². The van der Waals surface area contributed by atoms with Gasteiger partial charge in [0.2, 0.25) is 5.91 Å². The zero-order valence-corrected chi connectivity index (χ0v) is 19.1. The molecule has 0 bridgehead atoms. The number of aryl methyl sites for hydroxylation is 2. The van der Waals surface area contributed by atoms with E-state index in [4.69, 9.17) is 4.74 Å². The Morgan fingerprint density at radius 2 is 1.94 bits per heavy atom. The number of thiophene rings is 1. The Labute approximate surface area is 186 Å². The number of morpholine rings is 1. The van der Waals surface area contributed by atoms with Gasteiger partial charge in [0.05, 0.1) is 18.6 Å². The van der Waals surface area contributed by atoms with Crippen molar-refractivity contribution in [3.63, 3.8) is 0 Å². The average Bonchev–Trinajstić information content (AvgIpc) is 3.08. The summed E-state index contributed by atoms with van der Waals surface area (Å²) >= 11 is 1.65. The molecule has 3 aromatic rings. The van der Waals surface area contributed by atoms with Crippen LogP contribution in [0, 0.1) is 13.8 Å². The second-order valence-electron chi connectivity index (χ2n) is 7.93. The minimum absolute atomic E-state index is 0.0578. The number of amides is 1. The van der Waals surface area contributed by atoms with E-state index in [9.17, 15) is 4.79 Å². The highest BCUT2D eigenvalue weighted by molar-refractivity contribution is 7.18. The number of benzene rings is 1. The third-order valence-corrected chi connectivity index (χ3v) is 6.90. The number of hydrogen-bond donors (Lipinski definition) is 2. The molecule has 4 rings (SSSR count). The second-order valence-corrected chi connectivity index (χ2v) is 9.13. The van der Waals surface area contributed by atoms with Crippen molar-refractivity contribution in [2.45, 2.75) is 39.9 Å². The fraction of sp³-hybridized carbons (Fsp3) is 0.435. The van der Waals surface area contributed by atoms with Crippen LogP contribution in [-0.4, -0.2) is 53.1 Å². The summed E-state index contributed by atoms with van der Waals surface area (Å²) in [5.74, 6) is 0.653. The normalized spacial score (nSPS) is 15.7. The van der Waals surface area contributed by atoms with Gasteiger partial charge in [-0.1, -0.05) is 24.3 Å². The molecule has 7 nitrogen and oxygen atoms in total. The van der Waals surface area contributed by atoms with E-state index < -0.39 is 6.04 Å². The maximum Gasteiger partial charge on any atom is 0.242 e. The summed E-state index contributed by atoms with van der Waals surface area (Å²) in [5.41, 5.74) is 3.54. The lowest BCUT2D eigenvalue weighted by atomic mass is 10.1. The molecule has 1 atom stereocenters. The summed E-state index contributed by atoms with van der Waals surface area (Å²) in [6, 6.07) is 7.88. The highest BCUT2D eigenvalue weighted by Crippen LogP contribution is 2.32. The van der Waals surface area contributed by atoms with Crippen molar-refractivity contribution in [1.82, 2.24) is 20.2 Å². The van der Waals surface area contributed by atoms with Crippen LogP contribution in [0.25, 0.3) is 10.2 Å². The third-order valence-electron chi connectivity index (χ3n) is 5.78. The first-order valence-electron chi connectivity index (χ1n) is 10.6. The number of nitrogens with one attached hydrogen (secondary N) is 2. The summed E-state index contributed by atoms with van der Waals surface area (Å²) in [7, 11) is 0. The number of ether oxygens (including phenoxy) is 1. The zero-order valence-electron chi connectivity index (χ0n) is 18.3. The van der Waals surface area contributed by atoms with E-state index in [2.05, 4.69) is 57.5 Å². The van der Waals surface area contributed by atoms with E-state index in [0.717, 1.165) is 54.2 Å². The summed E-state index contributed by atoms with van der Waals surface area (Å²) in [6.45, 7) is 10.8. The van der Waals surface area contributed by atoms with Crippen LogP contribution < -0.4 is 10.6 Å². The highest BCUT2D eigenvalue weighted by atomic mass is 32.1. The number of carbonyl (C=O) groups is 1. The number of anilines is 1. The van der Waals surface area contributed by atoms with E-state index in [1.54, 1.807) is 17.7 Å². The minimum Gasteiger partial charge on any atom is -0.379 e. The van der Waals surface area contributed by atoms with Crippen molar-refractivity contribution in [1.29, 1.82) is 0 Å². The van der Waals surface area contributed by atoms with Crippen molar-refractivity contribution in [3.8, 4) is 0 Å². The van der Waals surface area contributed by atoms with Gasteiger partial charge in [-0.25, -0.2) is 9.97 Å². The van der Waals surface area contributed by atoms with Crippen LogP contribution in [0.2, 0.25) is 0 Å². The number of rotatable bonds is 7. The molecule has 0 spiro atoms. The summed E-state index contributed by atoms with van der Waals surface area (Å²) in [6.07, 6.45) is 1.55. The lowest BCUT2D eigenvalue weighted by Crippen LogP contribution is -2.38. The Morgan fingerprint density at radius 3 is 2.71 bits per heavy atom. The first-order chi connectivity index (χ1) is 15.0. The van der Waals surface area contributed by atoms with Gasteiger partial charge >= 0.3 is 0 Å².